The van der Waals surface area contributed by atoms with Crippen molar-refractivity contribution in [3.05, 3.63) is 39.2 Å². The standard InChI is InChI=1S/C15H20N2OS/c1-9(2)18-14-8-19-15(17-14)7-12-5-11(4)13(16)6-10(12)3/h5-6,8-9H,7,16H2,1-4H3. The Kier molecular flexibility index (Phi) is 4.10. The Labute approximate surface area is 118 Å². The first-order valence-electron chi connectivity index (χ1n) is 6.42. The number of ether oxygens (including phenoxy) is 1. The summed E-state index contributed by atoms with van der Waals surface area (Å²) in [6, 6.07) is 4.18. The number of thiazole rings is 1. The summed E-state index contributed by atoms with van der Waals surface area (Å²) in [7, 11) is 0. The van der Waals surface area contributed by atoms with Gasteiger partial charge in [-0.25, -0.2) is 4.98 Å². The minimum absolute atomic E-state index is 0.162. The third-order valence-corrected chi connectivity index (χ3v) is 3.78. The summed E-state index contributed by atoms with van der Waals surface area (Å²) in [5.74, 6) is 0.722. The average Bonchev–Trinajstić information content (AvgIpc) is 2.72. The van der Waals surface area contributed by atoms with Crippen LogP contribution in [0.4, 0.5) is 5.69 Å². The normalized spacial score (nSPS) is 11.0. The molecule has 19 heavy (non-hydrogen) atoms. The topological polar surface area (TPSA) is 48.1 Å². The number of hydrogen-bond acceptors (Lipinski definition) is 4. The zero-order valence-electron chi connectivity index (χ0n) is 11.9. The highest BCUT2D eigenvalue weighted by Gasteiger charge is 2.08. The number of rotatable bonds is 4. The molecule has 102 valence electrons. The van der Waals surface area contributed by atoms with Gasteiger partial charge < -0.3 is 10.5 Å². The van der Waals surface area contributed by atoms with Crippen molar-refractivity contribution in [2.45, 2.75) is 40.2 Å². The Balaban J connectivity index is 2.17. The second kappa shape index (κ2) is 5.61. The molecule has 2 rings (SSSR count). The van der Waals surface area contributed by atoms with Gasteiger partial charge in [-0.2, -0.15) is 0 Å². The number of anilines is 1. The average molecular weight is 276 g/mol. The third-order valence-electron chi connectivity index (χ3n) is 2.95. The molecule has 0 saturated heterocycles. The van der Waals surface area contributed by atoms with E-state index in [9.17, 15) is 0 Å². The van der Waals surface area contributed by atoms with Crippen LogP contribution < -0.4 is 10.5 Å². The third kappa shape index (κ3) is 3.47. The summed E-state index contributed by atoms with van der Waals surface area (Å²) in [5.41, 5.74) is 10.4. The molecular weight excluding hydrogens is 256 g/mol. The van der Waals surface area contributed by atoms with E-state index in [1.54, 1.807) is 11.3 Å². The quantitative estimate of drug-likeness (QED) is 0.866. The Morgan fingerprint density at radius 1 is 1.26 bits per heavy atom. The lowest BCUT2D eigenvalue weighted by Gasteiger charge is -2.08. The molecule has 0 saturated carbocycles. The van der Waals surface area contributed by atoms with E-state index in [1.807, 2.05) is 32.2 Å². The zero-order chi connectivity index (χ0) is 14.0. The Hall–Kier alpha value is -1.55. The highest BCUT2D eigenvalue weighted by Crippen LogP contribution is 2.24. The van der Waals surface area contributed by atoms with Crippen LogP contribution in [0.3, 0.4) is 0 Å². The number of aromatic nitrogens is 1. The molecule has 2 N–H and O–H groups in total. The van der Waals surface area contributed by atoms with E-state index in [-0.39, 0.29) is 6.10 Å². The first kappa shape index (κ1) is 13.9. The lowest BCUT2D eigenvalue weighted by Crippen LogP contribution is -2.05. The van der Waals surface area contributed by atoms with Gasteiger partial charge in [-0.1, -0.05) is 6.07 Å². The van der Waals surface area contributed by atoms with Gasteiger partial charge in [0, 0.05) is 12.1 Å². The number of hydrogen-bond donors (Lipinski definition) is 1. The van der Waals surface area contributed by atoms with Crippen LogP contribution in [0.2, 0.25) is 0 Å². The summed E-state index contributed by atoms with van der Waals surface area (Å²) in [6.07, 6.45) is 0.995. The summed E-state index contributed by atoms with van der Waals surface area (Å²) in [4.78, 5) is 4.50. The molecule has 3 nitrogen and oxygen atoms in total. The van der Waals surface area contributed by atoms with Crippen LogP contribution in [0.25, 0.3) is 0 Å². The number of nitrogen functional groups attached to an aromatic ring is 1. The van der Waals surface area contributed by atoms with E-state index in [4.69, 9.17) is 10.5 Å². The minimum Gasteiger partial charge on any atom is -0.474 e. The molecule has 1 aromatic heterocycles. The maximum absolute atomic E-state index is 5.91. The van der Waals surface area contributed by atoms with Crippen LogP contribution in [-0.4, -0.2) is 11.1 Å². The summed E-state index contributed by atoms with van der Waals surface area (Å²) >= 11 is 1.64. The minimum atomic E-state index is 0.162. The van der Waals surface area contributed by atoms with Gasteiger partial charge in [0.2, 0.25) is 5.88 Å². The van der Waals surface area contributed by atoms with Crippen LogP contribution in [0.15, 0.2) is 17.5 Å². The first-order valence-corrected chi connectivity index (χ1v) is 7.30. The predicted molar refractivity (Wildman–Crippen MR) is 81.0 cm³/mol. The highest BCUT2D eigenvalue weighted by atomic mass is 32.1. The molecule has 1 heterocycles. The molecule has 0 atom stereocenters. The van der Waals surface area contributed by atoms with Crippen molar-refractivity contribution in [3.8, 4) is 5.88 Å². The van der Waals surface area contributed by atoms with E-state index in [0.717, 1.165) is 28.6 Å². The molecule has 0 aliphatic carbocycles. The molecule has 0 amide bonds. The number of aryl methyl sites for hydroxylation is 2. The summed E-state index contributed by atoms with van der Waals surface area (Å²) < 4.78 is 5.58. The Morgan fingerprint density at radius 3 is 2.68 bits per heavy atom. The smallest absolute Gasteiger partial charge is 0.224 e. The van der Waals surface area contributed by atoms with Crippen molar-refractivity contribution < 1.29 is 4.74 Å². The van der Waals surface area contributed by atoms with E-state index < -0.39 is 0 Å². The van der Waals surface area contributed by atoms with Crippen molar-refractivity contribution in [2.75, 3.05) is 5.73 Å². The molecule has 0 radical (unpaired) electrons. The van der Waals surface area contributed by atoms with Gasteiger partial charge in [0.1, 0.15) is 5.01 Å². The lowest BCUT2D eigenvalue weighted by atomic mass is 10.0. The van der Waals surface area contributed by atoms with Gasteiger partial charge in [0.15, 0.2) is 0 Å². The van der Waals surface area contributed by atoms with Gasteiger partial charge in [-0.05, 0) is 50.5 Å². The SMILES string of the molecule is Cc1cc(Cc2nc(OC(C)C)cs2)c(C)cc1N. The van der Waals surface area contributed by atoms with Crippen LogP contribution >= 0.6 is 11.3 Å². The van der Waals surface area contributed by atoms with Gasteiger partial charge in [0.05, 0.1) is 11.5 Å². The number of benzene rings is 1. The van der Waals surface area contributed by atoms with Gasteiger partial charge in [-0.15, -0.1) is 11.3 Å². The molecule has 0 spiro atoms. The number of nitrogens with zero attached hydrogens (tertiary/aromatic N) is 1. The van der Waals surface area contributed by atoms with E-state index in [1.165, 1.54) is 11.1 Å². The van der Waals surface area contributed by atoms with Crippen molar-refractivity contribution in [1.82, 2.24) is 4.98 Å². The number of nitrogens with two attached hydrogens (primary N) is 1. The molecule has 0 unspecified atom stereocenters. The highest BCUT2D eigenvalue weighted by molar-refractivity contribution is 7.09. The van der Waals surface area contributed by atoms with Crippen LogP contribution in [-0.2, 0) is 6.42 Å². The molecular formula is C15H20N2OS. The van der Waals surface area contributed by atoms with E-state index in [2.05, 4.69) is 18.0 Å². The molecule has 4 heteroatoms. The van der Waals surface area contributed by atoms with Gasteiger partial charge >= 0.3 is 0 Å². The predicted octanol–water partition coefficient (Wildman–Crippen LogP) is 3.72. The van der Waals surface area contributed by atoms with E-state index in [0.29, 0.717) is 0 Å². The van der Waals surface area contributed by atoms with Crippen molar-refractivity contribution in [1.29, 1.82) is 0 Å². The molecule has 0 aliphatic heterocycles. The summed E-state index contributed by atoms with van der Waals surface area (Å²) in [5, 5.41) is 3.04. The van der Waals surface area contributed by atoms with Crippen LogP contribution in [0.5, 0.6) is 5.88 Å². The summed E-state index contributed by atoms with van der Waals surface area (Å²) in [6.45, 7) is 8.14. The first-order chi connectivity index (χ1) is 8.95. The fourth-order valence-electron chi connectivity index (χ4n) is 1.92. The molecule has 0 bridgehead atoms. The fraction of sp³-hybridized carbons (Fsp3) is 0.400. The largest absolute Gasteiger partial charge is 0.474 e. The van der Waals surface area contributed by atoms with Gasteiger partial charge in [-0.3, -0.25) is 0 Å². The van der Waals surface area contributed by atoms with Crippen LogP contribution in [0, 0.1) is 13.8 Å². The molecule has 0 fully saturated rings. The second-order valence-electron chi connectivity index (χ2n) is 5.06. The molecule has 2 aromatic rings. The maximum atomic E-state index is 5.91. The molecule has 0 aliphatic rings. The van der Waals surface area contributed by atoms with E-state index >= 15 is 0 Å². The van der Waals surface area contributed by atoms with Crippen LogP contribution in [0.1, 0.15) is 35.5 Å². The lowest BCUT2D eigenvalue weighted by molar-refractivity contribution is 0.234. The van der Waals surface area contributed by atoms with Crippen molar-refractivity contribution in [2.24, 2.45) is 0 Å². The maximum Gasteiger partial charge on any atom is 0.224 e. The Bertz CT molecular complexity index is 576. The second-order valence-corrected chi connectivity index (χ2v) is 6.00. The van der Waals surface area contributed by atoms with Crippen molar-refractivity contribution in [3.63, 3.8) is 0 Å². The molecule has 1 aromatic carbocycles. The fourth-order valence-corrected chi connectivity index (χ4v) is 2.65. The van der Waals surface area contributed by atoms with Gasteiger partial charge in [0.25, 0.3) is 0 Å². The van der Waals surface area contributed by atoms with Crippen molar-refractivity contribution >= 4 is 17.0 Å². The Morgan fingerprint density at radius 2 is 2.00 bits per heavy atom. The zero-order valence-corrected chi connectivity index (χ0v) is 12.7. The monoisotopic (exact) mass is 276 g/mol.